The van der Waals surface area contributed by atoms with Crippen LogP contribution in [0.3, 0.4) is 0 Å². The second-order valence-electron chi connectivity index (χ2n) is 5.53. The van der Waals surface area contributed by atoms with E-state index in [-0.39, 0.29) is 11.8 Å². The Bertz CT molecular complexity index is 648. The van der Waals surface area contributed by atoms with Gasteiger partial charge in [0, 0.05) is 23.7 Å². The number of nitrogens with one attached hydrogen (secondary N) is 1. The number of rotatable bonds is 3. The summed E-state index contributed by atoms with van der Waals surface area (Å²) < 4.78 is 0. The van der Waals surface area contributed by atoms with Crippen molar-refractivity contribution in [3.8, 4) is 0 Å². The SMILES string of the molecule is O=C(O)C1CC1C(=O)N1CCNC(=O)C1c1ccccc1Cl. The van der Waals surface area contributed by atoms with Crippen molar-refractivity contribution in [2.75, 3.05) is 13.1 Å². The summed E-state index contributed by atoms with van der Waals surface area (Å²) >= 11 is 6.16. The van der Waals surface area contributed by atoms with E-state index in [0.717, 1.165) is 0 Å². The average Bonchev–Trinajstić information content (AvgIpc) is 3.28. The summed E-state index contributed by atoms with van der Waals surface area (Å²) in [6.07, 6.45) is 0.335. The number of amides is 2. The molecule has 2 amide bonds. The Kier molecular flexibility index (Phi) is 3.78. The van der Waals surface area contributed by atoms with E-state index >= 15 is 0 Å². The number of carbonyl (C=O) groups is 3. The van der Waals surface area contributed by atoms with Gasteiger partial charge in [0.05, 0.1) is 11.8 Å². The molecule has 1 saturated carbocycles. The molecule has 3 unspecified atom stereocenters. The van der Waals surface area contributed by atoms with Crippen LogP contribution < -0.4 is 5.32 Å². The van der Waals surface area contributed by atoms with Gasteiger partial charge >= 0.3 is 5.97 Å². The standard InChI is InChI=1S/C15H15ClN2O4/c16-11-4-2-1-3-8(11)12-13(19)17-5-6-18(12)14(20)9-7-10(9)15(21)22/h1-4,9-10,12H,5-7H2,(H,17,19)(H,21,22). The average molecular weight is 323 g/mol. The molecule has 1 saturated heterocycles. The summed E-state index contributed by atoms with van der Waals surface area (Å²) in [5.74, 6) is -2.71. The highest BCUT2D eigenvalue weighted by Crippen LogP contribution is 2.42. The topological polar surface area (TPSA) is 86.7 Å². The molecule has 0 bridgehead atoms. The van der Waals surface area contributed by atoms with Crippen LogP contribution in [0, 0.1) is 11.8 Å². The lowest BCUT2D eigenvalue weighted by Crippen LogP contribution is -2.52. The molecule has 1 heterocycles. The zero-order chi connectivity index (χ0) is 15.9. The van der Waals surface area contributed by atoms with E-state index in [1.54, 1.807) is 24.3 Å². The number of carboxylic acids is 1. The van der Waals surface area contributed by atoms with Gasteiger partial charge in [0.25, 0.3) is 0 Å². The first-order valence-electron chi connectivity index (χ1n) is 7.06. The zero-order valence-electron chi connectivity index (χ0n) is 11.7. The van der Waals surface area contributed by atoms with Crippen molar-refractivity contribution in [3.63, 3.8) is 0 Å². The van der Waals surface area contributed by atoms with Gasteiger partial charge < -0.3 is 15.3 Å². The monoisotopic (exact) mass is 322 g/mol. The summed E-state index contributed by atoms with van der Waals surface area (Å²) in [5.41, 5.74) is 0.558. The summed E-state index contributed by atoms with van der Waals surface area (Å²) in [6.45, 7) is 0.708. The first kappa shape index (κ1) is 14.8. The number of aliphatic carboxylic acids is 1. The van der Waals surface area contributed by atoms with Gasteiger partial charge in [0.15, 0.2) is 0 Å². The van der Waals surface area contributed by atoms with Crippen LogP contribution in [0.2, 0.25) is 5.02 Å². The Morgan fingerprint density at radius 3 is 2.64 bits per heavy atom. The molecule has 116 valence electrons. The molecule has 6 nitrogen and oxygen atoms in total. The molecule has 1 aliphatic heterocycles. The van der Waals surface area contributed by atoms with E-state index in [9.17, 15) is 14.4 Å². The van der Waals surface area contributed by atoms with Crippen molar-refractivity contribution >= 4 is 29.4 Å². The van der Waals surface area contributed by atoms with Crippen LogP contribution in [0.15, 0.2) is 24.3 Å². The van der Waals surface area contributed by atoms with E-state index in [4.69, 9.17) is 16.7 Å². The van der Waals surface area contributed by atoms with Crippen LogP contribution in [0.25, 0.3) is 0 Å². The minimum Gasteiger partial charge on any atom is -0.481 e. The normalized spacial score (nSPS) is 27.2. The molecule has 2 N–H and O–H groups in total. The Morgan fingerprint density at radius 1 is 1.27 bits per heavy atom. The minimum absolute atomic E-state index is 0.285. The Balaban J connectivity index is 1.88. The van der Waals surface area contributed by atoms with E-state index in [2.05, 4.69) is 5.32 Å². The zero-order valence-corrected chi connectivity index (χ0v) is 12.4. The maximum Gasteiger partial charge on any atom is 0.307 e. The molecule has 0 radical (unpaired) electrons. The molecule has 0 aromatic heterocycles. The fraction of sp³-hybridized carbons (Fsp3) is 0.400. The smallest absolute Gasteiger partial charge is 0.307 e. The number of hydrogen-bond acceptors (Lipinski definition) is 3. The highest BCUT2D eigenvalue weighted by Gasteiger charge is 2.51. The van der Waals surface area contributed by atoms with Gasteiger partial charge in [-0.3, -0.25) is 14.4 Å². The summed E-state index contributed by atoms with van der Waals surface area (Å²) in [5, 5.41) is 12.1. The van der Waals surface area contributed by atoms with Crippen LogP contribution in [0.1, 0.15) is 18.0 Å². The molecular weight excluding hydrogens is 308 g/mol. The Morgan fingerprint density at radius 2 is 2.00 bits per heavy atom. The maximum absolute atomic E-state index is 12.6. The number of hydrogen-bond donors (Lipinski definition) is 2. The molecule has 2 fully saturated rings. The van der Waals surface area contributed by atoms with Crippen LogP contribution in [0.4, 0.5) is 0 Å². The van der Waals surface area contributed by atoms with Crippen molar-refractivity contribution in [3.05, 3.63) is 34.9 Å². The van der Waals surface area contributed by atoms with Gasteiger partial charge in [-0.05, 0) is 12.5 Å². The Hall–Kier alpha value is -2.08. The second kappa shape index (κ2) is 5.61. The molecule has 1 aliphatic carbocycles. The van der Waals surface area contributed by atoms with Crippen molar-refractivity contribution in [1.82, 2.24) is 10.2 Å². The molecule has 2 aliphatic rings. The van der Waals surface area contributed by atoms with E-state index in [1.165, 1.54) is 4.90 Å². The van der Waals surface area contributed by atoms with Crippen LogP contribution in [0.5, 0.6) is 0 Å². The van der Waals surface area contributed by atoms with Crippen LogP contribution >= 0.6 is 11.6 Å². The first-order chi connectivity index (χ1) is 10.5. The predicted molar refractivity (Wildman–Crippen MR) is 78.1 cm³/mol. The lowest BCUT2D eigenvalue weighted by Gasteiger charge is -2.35. The maximum atomic E-state index is 12.6. The molecule has 7 heteroatoms. The largest absolute Gasteiger partial charge is 0.481 e. The highest BCUT2D eigenvalue weighted by molar-refractivity contribution is 6.31. The van der Waals surface area contributed by atoms with Gasteiger partial charge in [-0.2, -0.15) is 0 Å². The van der Waals surface area contributed by atoms with Crippen molar-refractivity contribution < 1.29 is 19.5 Å². The highest BCUT2D eigenvalue weighted by atomic mass is 35.5. The molecule has 3 atom stereocenters. The molecule has 1 aromatic rings. The Labute approximate surface area is 132 Å². The molecule has 1 aromatic carbocycles. The summed E-state index contributed by atoms with van der Waals surface area (Å²) in [6, 6.07) is 6.08. The molecule has 22 heavy (non-hydrogen) atoms. The van der Waals surface area contributed by atoms with E-state index in [0.29, 0.717) is 30.1 Å². The third kappa shape index (κ3) is 2.54. The van der Waals surface area contributed by atoms with Crippen LogP contribution in [-0.4, -0.2) is 40.9 Å². The number of piperazine rings is 1. The van der Waals surface area contributed by atoms with Gasteiger partial charge in [-0.1, -0.05) is 29.8 Å². The van der Waals surface area contributed by atoms with Gasteiger partial charge in [0.2, 0.25) is 11.8 Å². The number of carboxylic acid groups (broad SMARTS) is 1. The number of carbonyl (C=O) groups excluding carboxylic acids is 2. The number of nitrogens with zero attached hydrogens (tertiary/aromatic N) is 1. The van der Waals surface area contributed by atoms with Gasteiger partial charge in [0.1, 0.15) is 6.04 Å². The predicted octanol–water partition coefficient (Wildman–Crippen LogP) is 1.06. The lowest BCUT2D eigenvalue weighted by atomic mass is 10.0. The van der Waals surface area contributed by atoms with Crippen molar-refractivity contribution in [2.24, 2.45) is 11.8 Å². The lowest BCUT2D eigenvalue weighted by molar-refractivity contribution is -0.146. The third-order valence-electron chi connectivity index (χ3n) is 4.12. The van der Waals surface area contributed by atoms with E-state index < -0.39 is 23.8 Å². The fourth-order valence-corrected chi connectivity index (χ4v) is 3.10. The van der Waals surface area contributed by atoms with E-state index in [1.807, 2.05) is 0 Å². The van der Waals surface area contributed by atoms with Crippen molar-refractivity contribution in [2.45, 2.75) is 12.5 Å². The van der Waals surface area contributed by atoms with Gasteiger partial charge in [-0.25, -0.2) is 0 Å². The minimum atomic E-state index is -0.964. The summed E-state index contributed by atoms with van der Waals surface area (Å²) in [7, 11) is 0. The molecule has 0 spiro atoms. The quantitative estimate of drug-likeness (QED) is 0.871. The van der Waals surface area contributed by atoms with Gasteiger partial charge in [-0.15, -0.1) is 0 Å². The second-order valence-corrected chi connectivity index (χ2v) is 5.94. The van der Waals surface area contributed by atoms with Crippen molar-refractivity contribution in [1.29, 1.82) is 0 Å². The van der Waals surface area contributed by atoms with Crippen LogP contribution in [-0.2, 0) is 14.4 Å². The molecular formula is C15H15ClN2O4. The summed E-state index contributed by atoms with van der Waals surface area (Å²) in [4.78, 5) is 37.2. The number of benzene rings is 1. The first-order valence-corrected chi connectivity index (χ1v) is 7.44. The number of halogens is 1. The molecule has 3 rings (SSSR count). The third-order valence-corrected chi connectivity index (χ3v) is 4.46. The fourth-order valence-electron chi connectivity index (χ4n) is 2.86.